The van der Waals surface area contributed by atoms with Crippen LogP contribution in [0.5, 0.6) is 5.75 Å². The van der Waals surface area contributed by atoms with Crippen LogP contribution in [0.1, 0.15) is 11.1 Å². The van der Waals surface area contributed by atoms with Crippen molar-refractivity contribution in [1.29, 1.82) is 5.26 Å². The Morgan fingerprint density at radius 3 is 2.56 bits per heavy atom. The maximum absolute atomic E-state index is 14.6. The van der Waals surface area contributed by atoms with E-state index in [9.17, 15) is 9.65 Å². The third-order valence-electron chi connectivity index (χ3n) is 4.17. The highest BCUT2D eigenvalue weighted by Gasteiger charge is 2.20. The Hall–Kier alpha value is -3.17. The van der Waals surface area contributed by atoms with Crippen molar-refractivity contribution >= 4 is 26.8 Å². The van der Waals surface area contributed by atoms with Crippen LogP contribution in [0.15, 0.2) is 71.3 Å². The lowest BCUT2D eigenvalue weighted by Crippen LogP contribution is -2.03. The second-order valence-electron chi connectivity index (χ2n) is 5.92. The Morgan fingerprint density at radius 2 is 1.85 bits per heavy atom. The number of rotatable bonds is 4. The molecule has 0 radical (unpaired) electrons. The fourth-order valence-electron chi connectivity index (χ4n) is 2.90. The van der Waals surface area contributed by atoms with Gasteiger partial charge >= 0.3 is 0 Å². The summed E-state index contributed by atoms with van der Waals surface area (Å²) in [6, 6.07) is 20.4. The van der Waals surface area contributed by atoms with Crippen molar-refractivity contribution in [3.63, 3.8) is 0 Å². The largest absolute Gasteiger partial charge is 0.484 e. The molecule has 0 fully saturated rings. The van der Waals surface area contributed by atoms with Gasteiger partial charge in [0.25, 0.3) is 0 Å². The normalized spacial score (nSPS) is 10.7. The first-order chi connectivity index (χ1) is 13.2. The lowest BCUT2D eigenvalue weighted by molar-refractivity contribution is 0.290. The summed E-state index contributed by atoms with van der Waals surface area (Å²) in [5, 5.41) is 14.6. The van der Waals surface area contributed by atoms with Gasteiger partial charge in [0.1, 0.15) is 18.2 Å². The second kappa shape index (κ2) is 7.22. The van der Waals surface area contributed by atoms with Gasteiger partial charge in [-0.1, -0.05) is 46.3 Å². The summed E-state index contributed by atoms with van der Waals surface area (Å²) < 4.78 is 22.9. The van der Waals surface area contributed by atoms with Gasteiger partial charge in [0.05, 0.1) is 17.4 Å². The fourth-order valence-corrected chi connectivity index (χ4v) is 3.16. The summed E-state index contributed by atoms with van der Waals surface area (Å²) in [5.74, 6) is -0.641. The fraction of sp³-hybridized carbons (Fsp3) is 0.0476. The molecule has 0 saturated heterocycles. The minimum atomic E-state index is -0.578. The third-order valence-corrected chi connectivity index (χ3v) is 4.70. The number of nitriles is 1. The number of halogens is 2. The smallest absolute Gasteiger partial charge is 0.175 e. The molecule has 4 aromatic rings. The minimum absolute atomic E-state index is 0.0623. The monoisotopic (exact) mass is 421 g/mol. The van der Waals surface area contributed by atoms with E-state index in [0.717, 1.165) is 15.7 Å². The van der Waals surface area contributed by atoms with Crippen molar-refractivity contribution in [2.24, 2.45) is 0 Å². The molecule has 0 amide bonds. The summed E-state index contributed by atoms with van der Waals surface area (Å²) in [6.07, 6.45) is 1.54. The number of nitrogens with zero attached hydrogens (tertiary/aromatic N) is 3. The van der Waals surface area contributed by atoms with Crippen molar-refractivity contribution in [3.8, 4) is 17.5 Å². The summed E-state index contributed by atoms with van der Waals surface area (Å²) in [5.41, 5.74) is 2.30. The standard InChI is InChI=1S/C21H13BrFN3O/c22-16-6-8-17(9-7-16)26-20-15(12-25-26)10-19(23)21(18(20)11-24)27-13-14-4-2-1-3-5-14/h1-10,12H,13H2. The molecule has 0 aliphatic heterocycles. The van der Waals surface area contributed by atoms with E-state index in [1.807, 2.05) is 54.6 Å². The van der Waals surface area contributed by atoms with Gasteiger partial charge in [0.2, 0.25) is 0 Å². The van der Waals surface area contributed by atoms with Crippen LogP contribution < -0.4 is 4.74 Å². The number of fused-ring (bicyclic) bond motifs is 1. The first kappa shape index (κ1) is 17.3. The Morgan fingerprint density at radius 1 is 1.11 bits per heavy atom. The van der Waals surface area contributed by atoms with Gasteiger partial charge in [-0.3, -0.25) is 0 Å². The zero-order chi connectivity index (χ0) is 18.8. The van der Waals surface area contributed by atoms with Crippen LogP contribution in [-0.2, 0) is 6.61 Å². The summed E-state index contributed by atoms with van der Waals surface area (Å²) in [4.78, 5) is 0. The van der Waals surface area contributed by atoms with E-state index in [0.29, 0.717) is 10.9 Å². The number of hydrogen-bond donors (Lipinski definition) is 0. The lowest BCUT2D eigenvalue weighted by Gasteiger charge is -2.12. The van der Waals surface area contributed by atoms with Crippen LogP contribution in [0, 0.1) is 17.1 Å². The van der Waals surface area contributed by atoms with Crippen molar-refractivity contribution in [2.75, 3.05) is 0 Å². The zero-order valence-corrected chi connectivity index (χ0v) is 15.6. The van der Waals surface area contributed by atoms with Crippen LogP contribution in [0.3, 0.4) is 0 Å². The van der Waals surface area contributed by atoms with Crippen molar-refractivity contribution in [1.82, 2.24) is 9.78 Å². The molecule has 6 heteroatoms. The van der Waals surface area contributed by atoms with Crippen LogP contribution in [-0.4, -0.2) is 9.78 Å². The molecule has 0 unspecified atom stereocenters. The van der Waals surface area contributed by atoms with E-state index < -0.39 is 5.82 Å². The van der Waals surface area contributed by atoms with Crippen molar-refractivity contribution in [3.05, 3.63) is 88.3 Å². The van der Waals surface area contributed by atoms with Gasteiger partial charge in [-0.2, -0.15) is 10.4 Å². The van der Waals surface area contributed by atoms with Crippen LogP contribution in [0.4, 0.5) is 4.39 Å². The predicted octanol–water partition coefficient (Wildman–Crippen LogP) is 5.38. The van der Waals surface area contributed by atoms with Crippen LogP contribution in [0.2, 0.25) is 0 Å². The predicted molar refractivity (Wildman–Crippen MR) is 104 cm³/mol. The molecule has 0 bridgehead atoms. The third kappa shape index (κ3) is 3.29. The molecular weight excluding hydrogens is 409 g/mol. The van der Waals surface area contributed by atoms with E-state index >= 15 is 0 Å². The number of hydrogen-bond acceptors (Lipinski definition) is 3. The highest BCUT2D eigenvalue weighted by atomic mass is 79.9. The zero-order valence-electron chi connectivity index (χ0n) is 14.1. The van der Waals surface area contributed by atoms with Gasteiger partial charge in [-0.05, 0) is 35.9 Å². The van der Waals surface area contributed by atoms with Crippen molar-refractivity contribution in [2.45, 2.75) is 6.61 Å². The Bertz CT molecular complexity index is 1150. The Balaban J connectivity index is 1.82. The molecule has 0 saturated carbocycles. The Kier molecular flexibility index (Phi) is 4.61. The van der Waals surface area contributed by atoms with Gasteiger partial charge in [-0.25, -0.2) is 9.07 Å². The molecule has 27 heavy (non-hydrogen) atoms. The maximum Gasteiger partial charge on any atom is 0.175 e. The van der Waals surface area contributed by atoms with Gasteiger partial charge in [0.15, 0.2) is 11.6 Å². The SMILES string of the molecule is N#Cc1c(OCc2ccccc2)c(F)cc2cnn(-c3ccc(Br)cc3)c12. The topological polar surface area (TPSA) is 50.8 Å². The summed E-state index contributed by atoms with van der Waals surface area (Å²) >= 11 is 3.40. The number of aromatic nitrogens is 2. The first-order valence-corrected chi connectivity index (χ1v) is 8.99. The molecule has 0 aliphatic rings. The molecule has 0 spiro atoms. The minimum Gasteiger partial charge on any atom is -0.484 e. The maximum atomic E-state index is 14.6. The van der Waals surface area contributed by atoms with E-state index in [-0.39, 0.29) is 17.9 Å². The summed E-state index contributed by atoms with van der Waals surface area (Å²) in [6.45, 7) is 0.171. The van der Waals surface area contributed by atoms with E-state index in [4.69, 9.17) is 4.74 Å². The highest BCUT2D eigenvalue weighted by Crippen LogP contribution is 2.33. The van der Waals surface area contributed by atoms with E-state index in [1.54, 1.807) is 10.9 Å². The molecule has 4 rings (SSSR count). The molecule has 3 aromatic carbocycles. The first-order valence-electron chi connectivity index (χ1n) is 8.20. The molecule has 1 heterocycles. The quantitative estimate of drug-likeness (QED) is 0.444. The number of benzene rings is 3. The van der Waals surface area contributed by atoms with E-state index in [2.05, 4.69) is 27.1 Å². The van der Waals surface area contributed by atoms with Crippen LogP contribution in [0.25, 0.3) is 16.6 Å². The molecule has 1 aromatic heterocycles. The second-order valence-corrected chi connectivity index (χ2v) is 6.83. The Labute approximate surface area is 163 Å². The van der Waals surface area contributed by atoms with E-state index in [1.165, 1.54) is 6.07 Å². The molecule has 0 N–H and O–H groups in total. The van der Waals surface area contributed by atoms with Gasteiger partial charge in [-0.15, -0.1) is 0 Å². The number of ether oxygens (including phenoxy) is 1. The van der Waals surface area contributed by atoms with Gasteiger partial charge < -0.3 is 4.74 Å². The van der Waals surface area contributed by atoms with Gasteiger partial charge in [0, 0.05) is 9.86 Å². The highest BCUT2D eigenvalue weighted by molar-refractivity contribution is 9.10. The average molecular weight is 422 g/mol. The molecule has 0 aliphatic carbocycles. The average Bonchev–Trinajstić information content (AvgIpc) is 3.10. The molecule has 0 atom stereocenters. The lowest BCUT2D eigenvalue weighted by atomic mass is 10.1. The van der Waals surface area contributed by atoms with Crippen LogP contribution >= 0.6 is 15.9 Å². The van der Waals surface area contributed by atoms with Crippen molar-refractivity contribution < 1.29 is 9.13 Å². The molecular formula is C21H13BrFN3O. The summed E-state index contributed by atoms with van der Waals surface area (Å²) in [7, 11) is 0. The molecule has 132 valence electrons. The molecule has 4 nitrogen and oxygen atoms in total.